The Labute approximate surface area is 225 Å². The number of fused-ring (bicyclic) bond motifs is 2. The van der Waals surface area contributed by atoms with Crippen LogP contribution in [0.5, 0.6) is 11.5 Å². The summed E-state index contributed by atoms with van der Waals surface area (Å²) in [7, 11) is 0. The lowest BCUT2D eigenvalue weighted by atomic mass is 10.00. The largest absolute Gasteiger partial charge is 0.486 e. The molecule has 2 aromatic carbocycles. The first-order valence-corrected chi connectivity index (χ1v) is 13.3. The molecule has 4 heterocycles. The third-order valence-electron chi connectivity index (χ3n) is 7.33. The van der Waals surface area contributed by atoms with E-state index < -0.39 is 5.79 Å². The predicted octanol–water partition coefficient (Wildman–Crippen LogP) is 6.79. The molecule has 0 saturated carbocycles. The van der Waals surface area contributed by atoms with Crippen molar-refractivity contribution >= 4 is 34.1 Å². The van der Waals surface area contributed by atoms with Crippen molar-refractivity contribution in [3.05, 3.63) is 70.0 Å². The predicted molar refractivity (Wildman–Crippen MR) is 144 cm³/mol. The molecule has 37 heavy (non-hydrogen) atoms. The van der Waals surface area contributed by atoms with E-state index in [-0.39, 0.29) is 6.10 Å². The lowest BCUT2D eigenvalue weighted by molar-refractivity contribution is -0.227. The van der Waals surface area contributed by atoms with Gasteiger partial charge in [-0.3, -0.25) is 10.1 Å². The summed E-state index contributed by atoms with van der Waals surface area (Å²) >= 11 is 12.7. The van der Waals surface area contributed by atoms with Gasteiger partial charge in [-0.25, -0.2) is 0 Å². The highest BCUT2D eigenvalue weighted by Crippen LogP contribution is 2.40. The van der Waals surface area contributed by atoms with Gasteiger partial charge in [0.05, 0.1) is 22.2 Å². The first kappa shape index (κ1) is 24.5. The molecule has 2 aromatic heterocycles. The zero-order valence-corrected chi connectivity index (χ0v) is 22.3. The molecule has 1 fully saturated rings. The van der Waals surface area contributed by atoms with Crippen molar-refractivity contribution in [2.24, 2.45) is 0 Å². The lowest BCUT2D eigenvalue weighted by Crippen LogP contribution is -2.51. The number of aromatic nitrogens is 3. The number of nitrogens with one attached hydrogen (secondary N) is 1. The number of likely N-dealkylation sites (tertiary alicyclic amines) is 1. The summed E-state index contributed by atoms with van der Waals surface area (Å²) in [6.45, 7) is 7.67. The molecule has 1 saturated heterocycles. The summed E-state index contributed by atoms with van der Waals surface area (Å²) in [4.78, 5) is 6.45. The van der Waals surface area contributed by atoms with E-state index in [1.54, 1.807) is 12.4 Å². The van der Waals surface area contributed by atoms with Crippen molar-refractivity contribution in [3.8, 4) is 22.8 Å². The number of benzene rings is 2. The fourth-order valence-electron chi connectivity index (χ4n) is 5.19. The Kier molecular flexibility index (Phi) is 6.49. The van der Waals surface area contributed by atoms with Gasteiger partial charge in [-0.2, -0.15) is 5.10 Å². The molecular formula is C28H28Cl2N4O3. The van der Waals surface area contributed by atoms with Crippen LogP contribution >= 0.6 is 23.2 Å². The van der Waals surface area contributed by atoms with E-state index in [2.05, 4.69) is 39.1 Å². The molecule has 192 valence electrons. The number of halogens is 2. The number of piperidine rings is 1. The highest BCUT2D eigenvalue weighted by molar-refractivity contribution is 6.35. The fourth-order valence-corrected chi connectivity index (χ4v) is 5.87. The van der Waals surface area contributed by atoms with Crippen LogP contribution in [0.15, 0.2) is 48.8 Å². The first-order chi connectivity index (χ1) is 17.9. The van der Waals surface area contributed by atoms with Crippen LogP contribution < -0.4 is 9.47 Å². The summed E-state index contributed by atoms with van der Waals surface area (Å²) in [5.74, 6) is 1.07. The van der Waals surface area contributed by atoms with Gasteiger partial charge >= 0.3 is 0 Å². The Balaban J connectivity index is 1.25. The number of ether oxygens (including phenoxy) is 3. The number of aromatic amines is 1. The molecule has 7 nitrogen and oxygen atoms in total. The monoisotopic (exact) mass is 538 g/mol. The Morgan fingerprint density at radius 3 is 2.65 bits per heavy atom. The molecule has 4 aromatic rings. The molecule has 1 N–H and O–H groups in total. The summed E-state index contributed by atoms with van der Waals surface area (Å²) in [6, 6.07) is 12.0. The third-order valence-corrected chi connectivity index (χ3v) is 7.93. The molecule has 6 rings (SSSR count). The van der Waals surface area contributed by atoms with E-state index in [1.807, 2.05) is 31.2 Å². The Morgan fingerprint density at radius 2 is 1.89 bits per heavy atom. The van der Waals surface area contributed by atoms with Crippen molar-refractivity contribution in [1.29, 1.82) is 0 Å². The minimum Gasteiger partial charge on any atom is -0.486 e. The van der Waals surface area contributed by atoms with E-state index in [0.29, 0.717) is 28.0 Å². The number of H-pyrrole nitrogens is 1. The van der Waals surface area contributed by atoms with E-state index in [1.165, 1.54) is 0 Å². The van der Waals surface area contributed by atoms with Crippen molar-refractivity contribution in [2.45, 2.75) is 45.2 Å². The standard InChI is InChI=1S/C28H28Cl2N4O3/c1-3-34-10-8-28(9-11-34)35-16-19-12-18(4-7-25(19)37-28)27-21-13-20(5-6-24(21)32-33-27)36-17(2)26-22(29)14-31-15-23(26)30/h4-7,12-15,17H,3,8-11,16H2,1-2H3,(H,32,33)/t17-/m1/s1. The second-order valence-corrected chi connectivity index (χ2v) is 10.4. The van der Waals surface area contributed by atoms with E-state index >= 15 is 0 Å². The first-order valence-electron chi connectivity index (χ1n) is 12.6. The van der Waals surface area contributed by atoms with Gasteiger partial charge in [0, 0.05) is 60.4 Å². The molecule has 0 unspecified atom stereocenters. The second-order valence-electron chi connectivity index (χ2n) is 9.61. The smallest absolute Gasteiger partial charge is 0.213 e. The summed E-state index contributed by atoms with van der Waals surface area (Å²) in [5, 5.41) is 9.64. The minimum atomic E-state index is -0.511. The zero-order chi connectivity index (χ0) is 25.6. The molecule has 0 bridgehead atoms. The molecule has 2 aliphatic heterocycles. The topological polar surface area (TPSA) is 72.5 Å². The molecule has 9 heteroatoms. The Morgan fingerprint density at radius 1 is 1.11 bits per heavy atom. The number of nitrogens with zero attached hydrogens (tertiary/aromatic N) is 3. The number of pyridine rings is 1. The highest BCUT2D eigenvalue weighted by atomic mass is 35.5. The molecule has 0 amide bonds. The molecular weight excluding hydrogens is 511 g/mol. The van der Waals surface area contributed by atoms with Crippen LogP contribution in [0.3, 0.4) is 0 Å². The van der Waals surface area contributed by atoms with Crippen molar-refractivity contribution in [3.63, 3.8) is 0 Å². The van der Waals surface area contributed by atoms with E-state index in [4.69, 9.17) is 37.4 Å². The Hall–Kier alpha value is -2.84. The van der Waals surface area contributed by atoms with Gasteiger partial charge in [0.1, 0.15) is 23.3 Å². The van der Waals surface area contributed by atoms with Crippen LogP contribution in [0.4, 0.5) is 0 Å². The summed E-state index contributed by atoms with van der Waals surface area (Å²) < 4.78 is 18.9. The maximum atomic E-state index is 6.41. The maximum absolute atomic E-state index is 6.41. The highest BCUT2D eigenvalue weighted by Gasteiger charge is 2.40. The Bertz CT molecular complexity index is 1430. The average Bonchev–Trinajstić information content (AvgIpc) is 3.32. The minimum absolute atomic E-state index is 0.356. The van der Waals surface area contributed by atoms with Crippen LogP contribution in [-0.4, -0.2) is 45.5 Å². The normalized spacial score (nSPS) is 17.9. The van der Waals surface area contributed by atoms with Crippen molar-refractivity contribution < 1.29 is 14.2 Å². The van der Waals surface area contributed by atoms with Crippen LogP contribution in [-0.2, 0) is 11.3 Å². The van der Waals surface area contributed by atoms with Crippen LogP contribution in [0.2, 0.25) is 10.0 Å². The third kappa shape index (κ3) is 4.66. The number of hydrogen-bond acceptors (Lipinski definition) is 6. The SMILES string of the molecule is CCN1CCC2(CC1)OCc1cc(-c3n[nH]c4ccc(O[C@H](C)c5c(Cl)cncc5Cl)cc34)ccc1O2. The number of rotatable bonds is 5. The number of hydrogen-bond donors (Lipinski definition) is 1. The van der Waals surface area contributed by atoms with Gasteiger partial charge in [-0.05, 0) is 49.9 Å². The van der Waals surface area contributed by atoms with E-state index in [0.717, 1.165) is 65.9 Å². The van der Waals surface area contributed by atoms with Gasteiger partial charge in [0.25, 0.3) is 0 Å². The van der Waals surface area contributed by atoms with Gasteiger partial charge in [-0.15, -0.1) is 0 Å². The van der Waals surface area contributed by atoms with Gasteiger partial charge in [0.2, 0.25) is 5.79 Å². The van der Waals surface area contributed by atoms with Gasteiger partial charge in [0.15, 0.2) is 0 Å². The lowest BCUT2D eigenvalue weighted by Gasteiger charge is -2.43. The van der Waals surface area contributed by atoms with Gasteiger partial charge < -0.3 is 19.1 Å². The fraction of sp³-hybridized carbons (Fsp3) is 0.357. The van der Waals surface area contributed by atoms with E-state index in [9.17, 15) is 0 Å². The zero-order valence-electron chi connectivity index (χ0n) is 20.8. The average molecular weight is 539 g/mol. The summed E-state index contributed by atoms with van der Waals surface area (Å²) in [5.41, 5.74) is 4.48. The van der Waals surface area contributed by atoms with Crippen LogP contribution in [0, 0.1) is 0 Å². The second kappa shape index (κ2) is 9.80. The van der Waals surface area contributed by atoms with Gasteiger partial charge in [-0.1, -0.05) is 30.1 Å². The molecule has 0 aliphatic carbocycles. The molecule has 0 radical (unpaired) electrons. The summed E-state index contributed by atoms with van der Waals surface area (Å²) in [6.07, 6.45) is 4.54. The van der Waals surface area contributed by atoms with Crippen molar-refractivity contribution in [1.82, 2.24) is 20.1 Å². The van der Waals surface area contributed by atoms with Crippen LogP contribution in [0.25, 0.3) is 22.2 Å². The quantitative estimate of drug-likeness (QED) is 0.301. The van der Waals surface area contributed by atoms with Crippen LogP contribution in [0.1, 0.15) is 43.9 Å². The maximum Gasteiger partial charge on any atom is 0.213 e. The molecule has 1 spiro atoms. The molecule has 2 aliphatic rings. The van der Waals surface area contributed by atoms with Crippen molar-refractivity contribution in [2.75, 3.05) is 19.6 Å². The molecule has 1 atom stereocenters.